The maximum absolute atomic E-state index is 12.3. The predicted molar refractivity (Wildman–Crippen MR) is 86.0 cm³/mol. The molecule has 4 nitrogen and oxygen atoms in total. The molecule has 0 aliphatic carbocycles. The van der Waals surface area contributed by atoms with Crippen molar-refractivity contribution in [1.29, 1.82) is 0 Å². The number of aromatic hydroxyl groups is 1. The molecule has 0 aromatic heterocycles. The van der Waals surface area contributed by atoms with Crippen LogP contribution >= 0.6 is 27.5 Å². The van der Waals surface area contributed by atoms with E-state index < -0.39 is 16.1 Å². The van der Waals surface area contributed by atoms with Gasteiger partial charge in [0.1, 0.15) is 5.75 Å². The van der Waals surface area contributed by atoms with Crippen LogP contribution in [0.3, 0.4) is 0 Å². The van der Waals surface area contributed by atoms with Crippen LogP contribution in [0.25, 0.3) is 0 Å². The number of nitrogens with one attached hydrogen (secondary N) is 1. The minimum atomic E-state index is -3.68. The fraction of sp³-hybridized carbons (Fsp3) is 0.143. The highest BCUT2D eigenvalue weighted by atomic mass is 79.9. The van der Waals surface area contributed by atoms with E-state index in [0.717, 1.165) is 0 Å². The summed E-state index contributed by atoms with van der Waals surface area (Å²) < 4.78 is 27.7. The number of rotatable bonds is 4. The van der Waals surface area contributed by atoms with E-state index in [9.17, 15) is 13.5 Å². The minimum Gasteiger partial charge on any atom is -0.508 e. The second kappa shape index (κ2) is 6.36. The van der Waals surface area contributed by atoms with Crippen LogP contribution in [-0.2, 0) is 10.0 Å². The zero-order valence-electron chi connectivity index (χ0n) is 11.0. The third-order valence-electron chi connectivity index (χ3n) is 2.90. The lowest BCUT2D eigenvalue weighted by Gasteiger charge is -2.15. The Bertz CT molecular complexity index is 765. The molecule has 0 aliphatic rings. The number of halogens is 2. The van der Waals surface area contributed by atoms with Crippen LogP contribution in [-0.4, -0.2) is 13.5 Å². The molecule has 0 saturated carbocycles. The summed E-state index contributed by atoms with van der Waals surface area (Å²) in [6.07, 6.45) is 0. The summed E-state index contributed by atoms with van der Waals surface area (Å²) in [7, 11) is -3.68. The highest BCUT2D eigenvalue weighted by Gasteiger charge is 2.19. The summed E-state index contributed by atoms with van der Waals surface area (Å²) in [5.41, 5.74) is 0.673. The maximum Gasteiger partial charge on any atom is 0.241 e. The van der Waals surface area contributed by atoms with Gasteiger partial charge in [0, 0.05) is 10.5 Å². The third-order valence-corrected chi connectivity index (χ3v) is 5.66. The van der Waals surface area contributed by atoms with E-state index in [4.69, 9.17) is 11.6 Å². The standard InChI is InChI=1S/C14H13BrClNO3S/c1-9(10-3-2-4-11(18)7-10)17-21(19,20)12-5-6-14(16)13(15)8-12/h2-9,17-18H,1H3. The normalized spacial score (nSPS) is 13.1. The van der Waals surface area contributed by atoms with Crippen LogP contribution in [0.2, 0.25) is 5.02 Å². The maximum atomic E-state index is 12.3. The Morgan fingerprint density at radius 1 is 1.24 bits per heavy atom. The lowest BCUT2D eigenvalue weighted by molar-refractivity contribution is 0.473. The Morgan fingerprint density at radius 3 is 2.57 bits per heavy atom. The molecular formula is C14H13BrClNO3S. The largest absolute Gasteiger partial charge is 0.508 e. The minimum absolute atomic E-state index is 0.0905. The average Bonchev–Trinajstić information content (AvgIpc) is 2.41. The lowest BCUT2D eigenvalue weighted by atomic mass is 10.1. The number of benzene rings is 2. The molecule has 112 valence electrons. The summed E-state index contributed by atoms with van der Waals surface area (Å²) in [6.45, 7) is 1.71. The van der Waals surface area contributed by atoms with E-state index in [1.165, 1.54) is 30.3 Å². The van der Waals surface area contributed by atoms with Gasteiger partial charge in [-0.2, -0.15) is 0 Å². The Hall–Kier alpha value is -1.08. The molecule has 0 radical (unpaired) electrons. The molecule has 1 atom stereocenters. The molecule has 0 saturated heterocycles. The Kier molecular flexibility index (Phi) is 4.93. The monoisotopic (exact) mass is 389 g/mol. The number of hydrogen-bond donors (Lipinski definition) is 2. The van der Waals surface area contributed by atoms with Crippen molar-refractivity contribution in [2.24, 2.45) is 0 Å². The van der Waals surface area contributed by atoms with Gasteiger partial charge in [-0.3, -0.25) is 0 Å². The van der Waals surface area contributed by atoms with Crippen molar-refractivity contribution in [3.05, 3.63) is 57.5 Å². The van der Waals surface area contributed by atoms with Gasteiger partial charge in [0.25, 0.3) is 0 Å². The molecule has 0 heterocycles. The van der Waals surface area contributed by atoms with Crippen LogP contribution in [0.15, 0.2) is 51.8 Å². The van der Waals surface area contributed by atoms with Crippen LogP contribution in [0.5, 0.6) is 5.75 Å². The highest BCUT2D eigenvalue weighted by molar-refractivity contribution is 9.10. The van der Waals surface area contributed by atoms with E-state index in [2.05, 4.69) is 20.7 Å². The molecular weight excluding hydrogens is 378 g/mol. The van der Waals surface area contributed by atoms with Crippen molar-refractivity contribution in [2.45, 2.75) is 17.9 Å². The first-order valence-corrected chi connectivity index (χ1v) is 8.71. The summed E-state index contributed by atoms with van der Waals surface area (Å²) in [5.74, 6) is 0.0905. The summed E-state index contributed by atoms with van der Waals surface area (Å²) in [5, 5.41) is 9.89. The van der Waals surface area contributed by atoms with Gasteiger partial charge in [-0.1, -0.05) is 23.7 Å². The highest BCUT2D eigenvalue weighted by Crippen LogP contribution is 2.26. The SMILES string of the molecule is CC(NS(=O)(=O)c1ccc(Cl)c(Br)c1)c1cccc(O)c1. The van der Waals surface area contributed by atoms with Gasteiger partial charge in [0.15, 0.2) is 0 Å². The zero-order valence-corrected chi connectivity index (χ0v) is 14.2. The van der Waals surface area contributed by atoms with Gasteiger partial charge in [-0.05, 0) is 58.7 Å². The smallest absolute Gasteiger partial charge is 0.241 e. The van der Waals surface area contributed by atoms with Gasteiger partial charge in [0.05, 0.1) is 9.92 Å². The summed E-state index contributed by atoms with van der Waals surface area (Å²) in [6, 6.07) is 10.4. The van der Waals surface area contributed by atoms with E-state index in [-0.39, 0.29) is 10.6 Å². The Labute approximate surface area is 136 Å². The van der Waals surface area contributed by atoms with Crippen LogP contribution in [0.4, 0.5) is 0 Å². The topological polar surface area (TPSA) is 66.4 Å². The summed E-state index contributed by atoms with van der Waals surface area (Å²) >= 11 is 9.06. The predicted octanol–water partition coefficient (Wildman–Crippen LogP) is 3.85. The molecule has 2 rings (SSSR count). The van der Waals surface area contributed by atoms with Crippen molar-refractivity contribution in [1.82, 2.24) is 4.72 Å². The first kappa shape index (κ1) is 16.3. The number of phenols is 1. The fourth-order valence-corrected chi connectivity index (χ4v) is 3.71. The molecule has 21 heavy (non-hydrogen) atoms. The van der Waals surface area contributed by atoms with Crippen LogP contribution < -0.4 is 4.72 Å². The molecule has 0 aliphatic heterocycles. The molecule has 2 aromatic carbocycles. The van der Waals surface area contributed by atoms with Crippen LogP contribution in [0, 0.1) is 0 Å². The number of hydrogen-bond acceptors (Lipinski definition) is 3. The first-order valence-electron chi connectivity index (χ1n) is 6.06. The van der Waals surface area contributed by atoms with E-state index in [0.29, 0.717) is 15.1 Å². The molecule has 0 fully saturated rings. The van der Waals surface area contributed by atoms with Crippen molar-refractivity contribution in [3.8, 4) is 5.75 Å². The van der Waals surface area contributed by atoms with Crippen LogP contribution in [0.1, 0.15) is 18.5 Å². The van der Waals surface area contributed by atoms with E-state index in [1.54, 1.807) is 19.1 Å². The van der Waals surface area contributed by atoms with Gasteiger partial charge in [0.2, 0.25) is 10.0 Å². The lowest BCUT2D eigenvalue weighted by Crippen LogP contribution is -2.26. The van der Waals surface area contributed by atoms with Crippen molar-refractivity contribution in [3.63, 3.8) is 0 Å². The van der Waals surface area contributed by atoms with Gasteiger partial charge < -0.3 is 5.11 Å². The average molecular weight is 391 g/mol. The van der Waals surface area contributed by atoms with Gasteiger partial charge in [-0.15, -0.1) is 0 Å². The summed E-state index contributed by atoms with van der Waals surface area (Å²) in [4.78, 5) is 0.116. The van der Waals surface area contributed by atoms with Crippen molar-refractivity contribution >= 4 is 37.6 Å². The fourth-order valence-electron chi connectivity index (χ4n) is 1.81. The third kappa shape index (κ3) is 3.97. The Balaban J connectivity index is 2.26. The quantitative estimate of drug-likeness (QED) is 0.833. The second-order valence-electron chi connectivity index (χ2n) is 4.51. The molecule has 1 unspecified atom stereocenters. The Morgan fingerprint density at radius 2 is 1.95 bits per heavy atom. The molecule has 0 amide bonds. The molecule has 2 aromatic rings. The number of sulfonamides is 1. The molecule has 0 bridgehead atoms. The van der Waals surface area contributed by atoms with E-state index in [1.807, 2.05) is 0 Å². The number of phenolic OH excluding ortho intramolecular Hbond substituents is 1. The first-order chi connectivity index (χ1) is 9.79. The molecule has 7 heteroatoms. The van der Waals surface area contributed by atoms with E-state index >= 15 is 0 Å². The zero-order chi connectivity index (χ0) is 15.6. The molecule has 2 N–H and O–H groups in total. The van der Waals surface area contributed by atoms with Gasteiger partial charge in [-0.25, -0.2) is 13.1 Å². The molecule has 0 spiro atoms. The van der Waals surface area contributed by atoms with Crippen molar-refractivity contribution in [2.75, 3.05) is 0 Å². The van der Waals surface area contributed by atoms with Gasteiger partial charge >= 0.3 is 0 Å². The second-order valence-corrected chi connectivity index (χ2v) is 7.49. The van der Waals surface area contributed by atoms with Crippen molar-refractivity contribution < 1.29 is 13.5 Å².